The van der Waals surface area contributed by atoms with E-state index in [9.17, 15) is 19.8 Å². The maximum Gasteiger partial charge on any atom is 0.321 e. The van der Waals surface area contributed by atoms with Crippen LogP contribution in [0.15, 0.2) is 0 Å². The summed E-state index contributed by atoms with van der Waals surface area (Å²) in [7, 11) is 0. The van der Waals surface area contributed by atoms with E-state index in [-0.39, 0.29) is 5.92 Å². The molecular weight excluding hydrogens is 232 g/mol. The number of rotatable bonds is 8. The van der Waals surface area contributed by atoms with E-state index in [1.54, 1.807) is 13.8 Å². The second kappa shape index (κ2) is 6.21. The van der Waals surface area contributed by atoms with Crippen LogP contribution in [0.4, 0.5) is 0 Å². The van der Waals surface area contributed by atoms with E-state index in [0.717, 1.165) is 25.7 Å². The van der Waals surface area contributed by atoms with E-state index >= 15 is 0 Å². The first-order valence-corrected chi connectivity index (χ1v) is 6.59. The van der Waals surface area contributed by atoms with Crippen LogP contribution in [-0.4, -0.2) is 22.2 Å². The summed E-state index contributed by atoms with van der Waals surface area (Å²) in [6, 6.07) is 0. The standard InChI is InChI=1S/C14H26O4/c1-6-7-8-9-10(2)13(3,4)14(5,11(15)16)12(17)18/h10H,6-9H2,1-5H3,(H,15,16)(H,17,18). The van der Waals surface area contributed by atoms with Gasteiger partial charge >= 0.3 is 11.9 Å². The lowest BCUT2D eigenvalue weighted by Crippen LogP contribution is -2.51. The highest BCUT2D eigenvalue weighted by Crippen LogP contribution is 2.47. The molecule has 4 nitrogen and oxygen atoms in total. The molecule has 2 N–H and O–H groups in total. The van der Waals surface area contributed by atoms with Gasteiger partial charge in [0.2, 0.25) is 0 Å². The Morgan fingerprint density at radius 1 is 1.06 bits per heavy atom. The van der Waals surface area contributed by atoms with Gasteiger partial charge in [-0.3, -0.25) is 9.59 Å². The number of unbranched alkanes of at least 4 members (excludes halogenated alkanes) is 2. The minimum absolute atomic E-state index is 0.0428. The van der Waals surface area contributed by atoms with E-state index in [1.165, 1.54) is 6.92 Å². The van der Waals surface area contributed by atoms with Crippen molar-refractivity contribution >= 4 is 11.9 Å². The lowest BCUT2D eigenvalue weighted by molar-refractivity contribution is -0.175. The summed E-state index contributed by atoms with van der Waals surface area (Å²) in [4.78, 5) is 22.7. The molecule has 0 aromatic carbocycles. The molecule has 4 heteroatoms. The topological polar surface area (TPSA) is 74.6 Å². The third-order valence-electron chi connectivity index (χ3n) is 4.62. The molecule has 0 aromatic heterocycles. The monoisotopic (exact) mass is 258 g/mol. The van der Waals surface area contributed by atoms with Gasteiger partial charge in [-0.15, -0.1) is 0 Å². The third-order valence-corrected chi connectivity index (χ3v) is 4.62. The molecule has 0 spiro atoms. The molecule has 0 aliphatic heterocycles. The Hall–Kier alpha value is -1.06. The second-order valence-electron chi connectivity index (χ2n) is 5.85. The van der Waals surface area contributed by atoms with Gasteiger partial charge in [-0.25, -0.2) is 0 Å². The summed E-state index contributed by atoms with van der Waals surface area (Å²) in [5, 5.41) is 18.6. The van der Waals surface area contributed by atoms with Crippen molar-refractivity contribution in [2.24, 2.45) is 16.7 Å². The Kier molecular flexibility index (Phi) is 5.84. The predicted octanol–water partition coefficient (Wildman–Crippen LogP) is 3.40. The minimum atomic E-state index is -1.75. The Labute approximate surface area is 109 Å². The largest absolute Gasteiger partial charge is 0.480 e. The van der Waals surface area contributed by atoms with E-state index < -0.39 is 22.8 Å². The molecule has 0 rings (SSSR count). The van der Waals surface area contributed by atoms with Crippen molar-refractivity contribution in [3.05, 3.63) is 0 Å². The molecule has 0 bridgehead atoms. The minimum Gasteiger partial charge on any atom is -0.480 e. The number of hydrogen-bond acceptors (Lipinski definition) is 2. The first kappa shape index (κ1) is 16.9. The zero-order chi connectivity index (χ0) is 14.6. The lowest BCUT2D eigenvalue weighted by Gasteiger charge is -2.42. The summed E-state index contributed by atoms with van der Waals surface area (Å²) in [6.45, 7) is 8.85. The van der Waals surface area contributed by atoms with Gasteiger partial charge in [0.15, 0.2) is 5.41 Å². The average Bonchev–Trinajstić information content (AvgIpc) is 2.27. The van der Waals surface area contributed by atoms with Gasteiger partial charge in [0, 0.05) is 0 Å². The van der Waals surface area contributed by atoms with Crippen molar-refractivity contribution in [2.45, 2.75) is 60.3 Å². The Morgan fingerprint density at radius 3 is 1.83 bits per heavy atom. The lowest BCUT2D eigenvalue weighted by atomic mass is 9.59. The van der Waals surface area contributed by atoms with E-state index in [0.29, 0.717) is 0 Å². The molecule has 0 amide bonds. The Bertz CT molecular complexity index is 293. The molecule has 0 saturated carbocycles. The molecular formula is C14H26O4. The third kappa shape index (κ3) is 3.03. The molecule has 0 aliphatic rings. The van der Waals surface area contributed by atoms with E-state index in [1.807, 2.05) is 6.92 Å². The highest BCUT2D eigenvalue weighted by Gasteiger charge is 2.55. The van der Waals surface area contributed by atoms with Crippen LogP contribution >= 0.6 is 0 Å². The molecule has 0 heterocycles. The molecule has 18 heavy (non-hydrogen) atoms. The molecule has 1 atom stereocenters. The summed E-state index contributed by atoms with van der Waals surface area (Å²) < 4.78 is 0. The number of aliphatic carboxylic acids is 2. The first-order chi connectivity index (χ1) is 8.12. The fraction of sp³-hybridized carbons (Fsp3) is 0.857. The Morgan fingerprint density at radius 2 is 1.50 bits per heavy atom. The second-order valence-corrected chi connectivity index (χ2v) is 5.85. The van der Waals surface area contributed by atoms with Crippen molar-refractivity contribution < 1.29 is 19.8 Å². The Balaban J connectivity index is 5.07. The highest BCUT2D eigenvalue weighted by atomic mass is 16.4. The molecule has 0 aromatic rings. The maximum atomic E-state index is 11.4. The zero-order valence-electron chi connectivity index (χ0n) is 12.1. The van der Waals surface area contributed by atoms with Crippen molar-refractivity contribution in [3.63, 3.8) is 0 Å². The van der Waals surface area contributed by atoms with E-state index in [2.05, 4.69) is 6.92 Å². The molecule has 106 valence electrons. The highest BCUT2D eigenvalue weighted by molar-refractivity contribution is 5.98. The van der Waals surface area contributed by atoms with Crippen molar-refractivity contribution in [3.8, 4) is 0 Å². The molecule has 0 saturated heterocycles. The summed E-state index contributed by atoms with van der Waals surface area (Å²) in [6.07, 6.45) is 4.06. The van der Waals surface area contributed by atoms with Gasteiger partial charge in [-0.1, -0.05) is 53.4 Å². The average molecular weight is 258 g/mol. The van der Waals surface area contributed by atoms with Crippen LogP contribution in [0.25, 0.3) is 0 Å². The van der Waals surface area contributed by atoms with Crippen LogP contribution in [0.2, 0.25) is 0 Å². The maximum absolute atomic E-state index is 11.4. The fourth-order valence-corrected chi connectivity index (χ4v) is 2.20. The van der Waals surface area contributed by atoms with Crippen molar-refractivity contribution in [2.75, 3.05) is 0 Å². The van der Waals surface area contributed by atoms with Crippen LogP contribution in [0.3, 0.4) is 0 Å². The molecule has 1 unspecified atom stereocenters. The number of carboxylic acids is 2. The summed E-state index contributed by atoms with van der Waals surface area (Å²) in [5.74, 6) is -2.48. The first-order valence-electron chi connectivity index (χ1n) is 6.59. The molecule has 0 aliphatic carbocycles. The van der Waals surface area contributed by atoms with Crippen molar-refractivity contribution in [1.29, 1.82) is 0 Å². The van der Waals surface area contributed by atoms with Gasteiger partial charge in [0.25, 0.3) is 0 Å². The summed E-state index contributed by atoms with van der Waals surface area (Å²) in [5.41, 5.74) is -2.54. The SMILES string of the molecule is CCCCCC(C)C(C)(C)C(C)(C(=O)O)C(=O)O. The van der Waals surface area contributed by atoms with Crippen LogP contribution in [-0.2, 0) is 9.59 Å². The zero-order valence-corrected chi connectivity index (χ0v) is 12.1. The predicted molar refractivity (Wildman–Crippen MR) is 70.5 cm³/mol. The smallest absolute Gasteiger partial charge is 0.321 e. The van der Waals surface area contributed by atoms with Gasteiger partial charge in [-0.2, -0.15) is 0 Å². The summed E-state index contributed by atoms with van der Waals surface area (Å²) >= 11 is 0. The van der Waals surface area contributed by atoms with Crippen LogP contribution in [0, 0.1) is 16.7 Å². The van der Waals surface area contributed by atoms with Gasteiger partial charge in [0.05, 0.1) is 0 Å². The van der Waals surface area contributed by atoms with Gasteiger partial charge in [0.1, 0.15) is 0 Å². The quantitative estimate of drug-likeness (QED) is 0.517. The number of hydrogen-bond donors (Lipinski definition) is 2. The van der Waals surface area contributed by atoms with Gasteiger partial charge in [-0.05, 0) is 18.3 Å². The van der Waals surface area contributed by atoms with E-state index in [4.69, 9.17) is 0 Å². The van der Waals surface area contributed by atoms with Crippen LogP contribution in [0.5, 0.6) is 0 Å². The fourth-order valence-electron chi connectivity index (χ4n) is 2.20. The van der Waals surface area contributed by atoms with Gasteiger partial charge < -0.3 is 10.2 Å². The molecule has 0 radical (unpaired) electrons. The van der Waals surface area contributed by atoms with Crippen LogP contribution < -0.4 is 0 Å². The normalized spacial score (nSPS) is 14.3. The molecule has 0 fully saturated rings. The van der Waals surface area contributed by atoms with Crippen LogP contribution in [0.1, 0.15) is 60.3 Å². The number of carboxylic acid groups (broad SMARTS) is 2. The number of carbonyl (C=O) groups is 2. The van der Waals surface area contributed by atoms with Crippen molar-refractivity contribution in [1.82, 2.24) is 0 Å².